The molecule has 1 fully saturated rings. The van der Waals surface area contributed by atoms with Gasteiger partial charge < -0.3 is 15.6 Å². The summed E-state index contributed by atoms with van der Waals surface area (Å²) >= 11 is 0. The number of hydrogen-bond donors (Lipinski definition) is 3. The SMILES string of the molecule is O=c1cc(Nc2ccc3c(c2)CCCN3)nc(C2CC2)[nH]1. The molecule has 5 nitrogen and oxygen atoms in total. The summed E-state index contributed by atoms with van der Waals surface area (Å²) in [5, 5.41) is 6.66. The lowest BCUT2D eigenvalue weighted by Gasteiger charge is -2.19. The van der Waals surface area contributed by atoms with Crippen LogP contribution in [0.5, 0.6) is 0 Å². The van der Waals surface area contributed by atoms with Gasteiger partial charge in [-0.25, -0.2) is 4.98 Å². The number of aryl methyl sites for hydroxylation is 1. The summed E-state index contributed by atoms with van der Waals surface area (Å²) in [5.41, 5.74) is 3.43. The van der Waals surface area contributed by atoms with E-state index in [2.05, 4.69) is 32.7 Å². The average Bonchev–Trinajstić information content (AvgIpc) is 3.31. The molecule has 2 aliphatic rings. The van der Waals surface area contributed by atoms with Crippen molar-refractivity contribution in [2.24, 2.45) is 0 Å². The van der Waals surface area contributed by atoms with Crippen molar-refractivity contribution in [2.75, 3.05) is 17.2 Å². The van der Waals surface area contributed by atoms with Gasteiger partial charge in [-0.2, -0.15) is 0 Å². The molecule has 0 unspecified atom stereocenters. The fraction of sp³-hybridized carbons (Fsp3) is 0.375. The van der Waals surface area contributed by atoms with Crippen LogP contribution in [0, 0.1) is 0 Å². The van der Waals surface area contributed by atoms with Crippen LogP contribution >= 0.6 is 0 Å². The summed E-state index contributed by atoms with van der Waals surface area (Å²) in [5.74, 6) is 1.88. The standard InChI is InChI=1S/C16H18N4O/c21-15-9-14(19-16(20-15)10-3-4-10)18-12-5-6-13-11(8-12)2-1-7-17-13/h5-6,8-10,17H,1-4,7H2,(H2,18,19,20,21). The second-order valence-electron chi connectivity index (χ2n) is 5.82. The van der Waals surface area contributed by atoms with Crippen molar-refractivity contribution in [3.05, 3.63) is 46.0 Å². The molecule has 0 bridgehead atoms. The number of anilines is 3. The van der Waals surface area contributed by atoms with Crippen LogP contribution in [0.25, 0.3) is 0 Å². The fourth-order valence-electron chi connectivity index (χ4n) is 2.79. The van der Waals surface area contributed by atoms with E-state index in [1.54, 1.807) is 0 Å². The Kier molecular flexibility index (Phi) is 2.91. The largest absolute Gasteiger partial charge is 0.385 e. The molecule has 21 heavy (non-hydrogen) atoms. The van der Waals surface area contributed by atoms with Crippen LogP contribution in [0.3, 0.4) is 0 Å². The number of aromatic amines is 1. The van der Waals surface area contributed by atoms with E-state index in [1.165, 1.54) is 17.3 Å². The summed E-state index contributed by atoms with van der Waals surface area (Å²) in [4.78, 5) is 19.1. The summed E-state index contributed by atoms with van der Waals surface area (Å²) in [6.07, 6.45) is 4.49. The average molecular weight is 282 g/mol. The van der Waals surface area contributed by atoms with E-state index in [0.29, 0.717) is 11.7 Å². The first-order valence-electron chi connectivity index (χ1n) is 7.53. The normalized spacial score (nSPS) is 17.0. The number of fused-ring (bicyclic) bond motifs is 1. The molecule has 4 rings (SSSR count). The van der Waals surface area contributed by atoms with Crippen LogP contribution in [0.4, 0.5) is 17.2 Å². The third-order valence-electron chi connectivity index (χ3n) is 4.04. The van der Waals surface area contributed by atoms with Gasteiger partial charge in [-0.3, -0.25) is 4.79 Å². The van der Waals surface area contributed by atoms with E-state index in [0.717, 1.165) is 43.7 Å². The zero-order valence-corrected chi connectivity index (χ0v) is 11.8. The molecular weight excluding hydrogens is 264 g/mol. The molecule has 108 valence electrons. The van der Waals surface area contributed by atoms with Crippen molar-refractivity contribution < 1.29 is 0 Å². The first kappa shape index (κ1) is 12.4. The Balaban J connectivity index is 1.62. The minimum absolute atomic E-state index is 0.0889. The molecule has 1 saturated carbocycles. The molecule has 1 aliphatic heterocycles. The second kappa shape index (κ2) is 4.91. The van der Waals surface area contributed by atoms with E-state index < -0.39 is 0 Å². The lowest BCUT2D eigenvalue weighted by molar-refractivity contribution is 0.830. The monoisotopic (exact) mass is 282 g/mol. The highest BCUT2D eigenvalue weighted by Gasteiger charge is 2.26. The second-order valence-corrected chi connectivity index (χ2v) is 5.82. The Hall–Kier alpha value is -2.30. The minimum atomic E-state index is -0.0889. The maximum absolute atomic E-state index is 11.7. The highest BCUT2D eigenvalue weighted by molar-refractivity contribution is 5.64. The summed E-state index contributed by atoms with van der Waals surface area (Å²) in [6, 6.07) is 7.77. The predicted octanol–water partition coefficient (Wildman–Crippen LogP) is 2.75. The number of nitrogens with one attached hydrogen (secondary N) is 3. The third kappa shape index (κ3) is 2.63. The van der Waals surface area contributed by atoms with Gasteiger partial charge in [0, 0.05) is 29.9 Å². The van der Waals surface area contributed by atoms with Gasteiger partial charge in [-0.05, 0) is 49.4 Å². The van der Waals surface area contributed by atoms with Gasteiger partial charge in [0.15, 0.2) is 0 Å². The van der Waals surface area contributed by atoms with Crippen LogP contribution < -0.4 is 16.2 Å². The predicted molar refractivity (Wildman–Crippen MR) is 83.4 cm³/mol. The summed E-state index contributed by atoms with van der Waals surface area (Å²) < 4.78 is 0. The maximum atomic E-state index is 11.7. The van der Waals surface area contributed by atoms with Gasteiger partial charge in [-0.15, -0.1) is 0 Å². The molecule has 1 aromatic heterocycles. The summed E-state index contributed by atoms with van der Waals surface area (Å²) in [6.45, 7) is 1.04. The lowest BCUT2D eigenvalue weighted by Crippen LogP contribution is -2.13. The number of aromatic nitrogens is 2. The van der Waals surface area contributed by atoms with Gasteiger partial charge in [0.05, 0.1) is 0 Å². The Morgan fingerprint density at radius 2 is 2.14 bits per heavy atom. The van der Waals surface area contributed by atoms with E-state index in [9.17, 15) is 4.79 Å². The first-order valence-corrected chi connectivity index (χ1v) is 7.53. The van der Waals surface area contributed by atoms with Crippen molar-refractivity contribution in [2.45, 2.75) is 31.6 Å². The molecule has 1 aliphatic carbocycles. The Labute approximate surface area is 122 Å². The number of hydrogen-bond acceptors (Lipinski definition) is 4. The zero-order valence-electron chi connectivity index (χ0n) is 11.8. The molecule has 1 aromatic carbocycles. The lowest BCUT2D eigenvalue weighted by atomic mass is 10.0. The van der Waals surface area contributed by atoms with E-state index in [-0.39, 0.29) is 5.56 Å². The molecule has 2 heterocycles. The maximum Gasteiger partial charge on any atom is 0.252 e. The van der Waals surface area contributed by atoms with E-state index in [4.69, 9.17) is 0 Å². The van der Waals surface area contributed by atoms with Crippen LogP contribution in [-0.2, 0) is 6.42 Å². The summed E-state index contributed by atoms with van der Waals surface area (Å²) in [7, 11) is 0. The Morgan fingerprint density at radius 3 is 3.00 bits per heavy atom. The molecule has 0 radical (unpaired) electrons. The highest BCUT2D eigenvalue weighted by Crippen LogP contribution is 2.37. The number of benzene rings is 1. The van der Waals surface area contributed by atoms with Crippen molar-refractivity contribution in [3.8, 4) is 0 Å². The molecule has 5 heteroatoms. The molecule has 3 N–H and O–H groups in total. The molecular formula is C16H18N4O. The van der Waals surface area contributed by atoms with Gasteiger partial charge >= 0.3 is 0 Å². The molecule has 0 amide bonds. The highest BCUT2D eigenvalue weighted by atomic mass is 16.1. The fourth-order valence-corrected chi connectivity index (χ4v) is 2.79. The molecule has 0 saturated heterocycles. The minimum Gasteiger partial charge on any atom is -0.385 e. The van der Waals surface area contributed by atoms with Gasteiger partial charge in [0.1, 0.15) is 11.6 Å². The van der Waals surface area contributed by atoms with Crippen LogP contribution in [0.2, 0.25) is 0 Å². The van der Waals surface area contributed by atoms with Gasteiger partial charge in [0.2, 0.25) is 0 Å². The smallest absolute Gasteiger partial charge is 0.252 e. The van der Waals surface area contributed by atoms with Crippen LogP contribution in [-0.4, -0.2) is 16.5 Å². The number of H-pyrrole nitrogens is 1. The van der Waals surface area contributed by atoms with Crippen molar-refractivity contribution >= 4 is 17.2 Å². The third-order valence-corrected chi connectivity index (χ3v) is 4.04. The van der Waals surface area contributed by atoms with Gasteiger partial charge in [0.25, 0.3) is 5.56 Å². The van der Waals surface area contributed by atoms with E-state index in [1.807, 2.05) is 6.07 Å². The van der Waals surface area contributed by atoms with Crippen LogP contribution in [0.15, 0.2) is 29.1 Å². The number of nitrogens with zero attached hydrogens (tertiary/aromatic N) is 1. The topological polar surface area (TPSA) is 69.8 Å². The van der Waals surface area contributed by atoms with Crippen molar-refractivity contribution in [3.63, 3.8) is 0 Å². The quantitative estimate of drug-likeness (QED) is 0.809. The van der Waals surface area contributed by atoms with Gasteiger partial charge in [-0.1, -0.05) is 0 Å². The molecule has 0 spiro atoms. The van der Waals surface area contributed by atoms with Crippen molar-refractivity contribution in [1.29, 1.82) is 0 Å². The number of rotatable bonds is 3. The van der Waals surface area contributed by atoms with Crippen LogP contribution in [0.1, 0.15) is 36.6 Å². The van der Waals surface area contributed by atoms with Crippen molar-refractivity contribution in [1.82, 2.24) is 9.97 Å². The Morgan fingerprint density at radius 1 is 1.24 bits per heavy atom. The first-order chi connectivity index (χ1) is 10.3. The zero-order chi connectivity index (χ0) is 14.2. The van der Waals surface area contributed by atoms with E-state index >= 15 is 0 Å². The molecule has 2 aromatic rings. The molecule has 0 atom stereocenters. The Bertz CT molecular complexity index is 733.